The number of rotatable bonds is 8. The van der Waals surface area contributed by atoms with Crippen LogP contribution >= 0.6 is 11.6 Å². The lowest BCUT2D eigenvalue weighted by Crippen LogP contribution is -2.07. The first-order chi connectivity index (χ1) is 12.7. The molecule has 3 aromatic heterocycles. The van der Waals surface area contributed by atoms with Gasteiger partial charge in [-0.25, -0.2) is 15.0 Å². The fraction of sp³-hybridized carbons (Fsp3) is 0.250. The SMILES string of the molecule is COc1ccnc(OCCCN)c1-c1cc(Nc2cnc(Cl)cn2)n[nH]1. The number of nitrogens with one attached hydrogen (secondary N) is 2. The fourth-order valence-corrected chi connectivity index (χ4v) is 2.33. The number of anilines is 2. The molecule has 0 spiro atoms. The van der Waals surface area contributed by atoms with Gasteiger partial charge in [-0.3, -0.25) is 5.10 Å². The van der Waals surface area contributed by atoms with Crippen molar-refractivity contribution >= 4 is 23.2 Å². The molecule has 0 saturated carbocycles. The Hall–Kier alpha value is -2.91. The summed E-state index contributed by atoms with van der Waals surface area (Å²) in [4.78, 5) is 12.4. The molecule has 3 rings (SSSR count). The van der Waals surface area contributed by atoms with Crippen molar-refractivity contribution in [3.63, 3.8) is 0 Å². The van der Waals surface area contributed by atoms with Crippen LogP contribution in [-0.4, -0.2) is 45.4 Å². The van der Waals surface area contributed by atoms with Crippen LogP contribution in [0.15, 0.2) is 30.7 Å². The Kier molecular flexibility index (Phi) is 5.82. The van der Waals surface area contributed by atoms with Crippen molar-refractivity contribution in [1.82, 2.24) is 25.1 Å². The Balaban J connectivity index is 1.86. The average molecular weight is 376 g/mol. The number of pyridine rings is 1. The molecule has 0 amide bonds. The molecule has 4 N–H and O–H groups in total. The Morgan fingerprint density at radius 1 is 1.23 bits per heavy atom. The average Bonchev–Trinajstić information content (AvgIpc) is 3.11. The fourth-order valence-electron chi connectivity index (χ4n) is 2.23. The Morgan fingerprint density at radius 2 is 2.12 bits per heavy atom. The molecule has 0 unspecified atom stereocenters. The molecule has 3 heterocycles. The summed E-state index contributed by atoms with van der Waals surface area (Å²) in [6.45, 7) is 1.00. The predicted octanol–water partition coefficient (Wildman–Crippen LogP) is 2.39. The van der Waals surface area contributed by atoms with Gasteiger partial charge in [0.1, 0.15) is 22.3 Å². The molecule has 0 fully saturated rings. The van der Waals surface area contributed by atoms with E-state index in [1.165, 1.54) is 12.4 Å². The molecule has 10 heteroatoms. The highest BCUT2D eigenvalue weighted by atomic mass is 35.5. The van der Waals surface area contributed by atoms with Crippen LogP contribution in [0.5, 0.6) is 11.6 Å². The Labute approximate surface area is 154 Å². The van der Waals surface area contributed by atoms with Crippen LogP contribution in [0.2, 0.25) is 5.15 Å². The van der Waals surface area contributed by atoms with E-state index in [9.17, 15) is 0 Å². The van der Waals surface area contributed by atoms with Crippen molar-refractivity contribution in [2.75, 3.05) is 25.6 Å². The molecule has 26 heavy (non-hydrogen) atoms. The number of nitrogens with zero attached hydrogens (tertiary/aromatic N) is 4. The number of aromatic nitrogens is 5. The summed E-state index contributed by atoms with van der Waals surface area (Å²) in [5.74, 6) is 2.13. The third-order valence-corrected chi connectivity index (χ3v) is 3.60. The van der Waals surface area contributed by atoms with Gasteiger partial charge in [-0.1, -0.05) is 11.6 Å². The number of ether oxygens (including phenoxy) is 2. The molecule has 0 aromatic carbocycles. The normalized spacial score (nSPS) is 10.6. The summed E-state index contributed by atoms with van der Waals surface area (Å²) >= 11 is 5.74. The van der Waals surface area contributed by atoms with E-state index >= 15 is 0 Å². The van der Waals surface area contributed by atoms with Gasteiger partial charge in [0, 0.05) is 12.3 Å². The first-order valence-corrected chi connectivity index (χ1v) is 8.25. The van der Waals surface area contributed by atoms with Gasteiger partial charge in [-0.05, 0) is 19.0 Å². The van der Waals surface area contributed by atoms with Crippen molar-refractivity contribution in [3.8, 4) is 22.9 Å². The molecule has 0 radical (unpaired) electrons. The second-order valence-corrected chi connectivity index (χ2v) is 5.59. The largest absolute Gasteiger partial charge is 0.496 e. The highest BCUT2D eigenvalue weighted by Gasteiger charge is 2.17. The second kappa shape index (κ2) is 8.45. The first-order valence-electron chi connectivity index (χ1n) is 7.87. The van der Waals surface area contributed by atoms with Gasteiger partial charge >= 0.3 is 0 Å². The lowest BCUT2D eigenvalue weighted by atomic mass is 10.2. The lowest BCUT2D eigenvalue weighted by molar-refractivity contribution is 0.300. The zero-order valence-electron chi connectivity index (χ0n) is 14.1. The van der Waals surface area contributed by atoms with E-state index in [0.29, 0.717) is 52.8 Å². The van der Waals surface area contributed by atoms with E-state index < -0.39 is 0 Å². The summed E-state index contributed by atoms with van der Waals surface area (Å²) in [5, 5.41) is 10.5. The van der Waals surface area contributed by atoms with E-state index in [2.05, 4.69) is 30.5 Å². The zero-order valence-corrected chi connectivity index (χ0v) is 14.8. The molecule has 0 aliphatic carbocycles. The topological polar surface area (TPSA) is 124 Å². The van der Waals surface area contributed by atoms with E-state index in [1.807, 2.05) is 0 Å². The number of nitrogens with two attached hydrogens (primary N) is 1. The van der Waals surface area contributed by atoms with Crippen LogP contribution in [-0.2, 0) is 0 Å². The quantitative estimate of drug-likeness (QED) is 0.512. The number of aromatic amines is 1. The van der Waals surface area contributed by atoms with Gasteiger partial charge < -0.3 is 20.5 Å². The molecule has 3 aromatic rings. The van der Waals surface area contributed by atoms with Gasteiger partial charge in [0.25, 0.3) is 0 Å². The summed E-state index contributed by atoms with van der Waals surface area (Å²) in [6.07, 6.45) is 5.32. The van der Waals surface area contributed by atoms with E-state index in [4.69, 9.17) is 26.8 Å². The van der Waals surface area contributed by atoms with Crippen molar-refractivity contribution in [1.29, 1.82) is 0 Å². The second-order valence-electron chi connectivity index (χ2n) is 5.20. The third-order valence-electron chi connectivity index (χ3n) is 3.41. The summed E-state index contributed by atoms with van der Waals surface area (Å²) < 4.78 is 11.2. The number of methoxy groups -OCH3 is 1. The van der Waals surface area contributed by atoms with Crippen LogP contribution in [0.1, 0.15) is 6.42 Å². The molecule has 0 atom stereocenters. The molecule has 9 nitrogen and oxygen atoms in total. The number of hydrogen-bond donors (Lipinski definition) is 3. The van der Waals surface area contributed by atoms with Crippen molar-refractivity contribution in [3.05, 3.63) is 35.9 Å². The molecule has 0 aliphatic rings. The summed E-state index contributed by atoms with van der Waals surface area (Å²) in [5.41, 5.74) is 6.87. The molecular formula is C16H18ClN7O2. The van der Waals surface area contributed by atoms with Gasteiger partial charge in [-0.15, -0.1) is 0 Å². The Morgan fingerprint density at radius 3 is 2.85 bits per heavy atom. The molecule has 136 valence electrons. The molecule has 0 saturated heterocycles. The summed E-state index contributed by atoms with van der Waals surface area (Å²) in [6, 6.07) is 3.55. The number of halogens is 1. The molecule has 0 bridgehead atoms. The van der Waals surface area contributed by atoms with Gasteiger partial charge in [0.05, 0.1) is 31.8 Å². The maximum Gasteiger partial charge on any atom is 0.226 e. The maximum atomic E-state index is 5.74. The smallest absolute Gasteiger partial charge is 0.226 e. The minimum Gasteiger partial charge on any atom is -0.496 e. The standard InChI is InChI=1S/C16H18ClN7O2/c1-25-11-3-5-19-16(26-6-2-4-18)15(11)10-7-13(24-23-10)22-14-9-20-12(17)8-21-14/h3,5,7-9H,2,4,6,18H2,1H3,(H2,21,22,23,24). The van der Waals surface area contributed by atoms with Crippen molar-refractivity contribution < 1.29 is 9.47 Å². The predicted molar refractivity (Wildman–Crippen MR) is 97.9 cm³/mol. The minimum absolute atomic E-state index is 0.317. The minimum atomic E-state index is 0.317. The Bertz CT molecular complexity index is 854. The molecule has 0 aliphatic heterocycles. The van der Waals surface area contributed by atoms with Crippen LogP contribution in [0.3, 0.4) is 0 Å². The van der Waals surface area contributed by atoms with Crippen LogP contribution in [0, 0.1) is 0 Å². The third kappa shape index (κ3) is 4.19. The summed E-state index contributed by atoms with van der Waals surface area (Å²) in [7, 11) is 1.58. The first kappa shape index (κ1) is 17.9. The van der Waals surface area contributed by atoms with E-state index in [-0.39, 0.29) is 0 Å². The van der Waals surface area contributed by atoms with Crippen LogP contribution in [0.25, 0.3) is 11.3 Å². The lowest BCUT2D eigenvalue weighted by Gasteiger charge is -2.12. The van der Waals surface area contributed by atoms with Gasteiger partial charge in [0.15, 0.2) is 5.82 Å². The van der Waals surface area contributed by atoms with Gasteiger partial charge in [-0.2, -0.15) is 5.10 Å². The zero-order chi connectivity index (χ0) is 18.4. The highest BCUT2D eigenvalue weighted by molar-refractivity contribution is 6.29. The van der Waals surface area contributed by atoms with E-state index in [1.54, 1.807) is 25.4 Å². The number of H-pyrrole nitrogens is 1. The van der Waals surface area contributed by atoms with Crippen molar-refractivity contribution in [2.24, 2.45) is 5.73 Å². The van der Waals surface area contributed by atoms with E-state index in [0.717, 1.165) is 6.42 Å². The van der Waals surface area contributed by atoms with Crippen LogP contribution in [0.4, 0.5) is 11.6 Å². The van der Waals surface area contributed by atoms with Crippen molar-refractivity contribution in [2.45, 2.75) is 6.42 Å². The monoisotopic (exact) mass is 375 g/mol. The highest BCUT2D eigenvalue weighted by Crippen LogP contribution is 2.36. The maximum absolute atomic E-state index is 5.74. The number of hydrogen-bond acceptors (Lipinski definition) is 8. The molecular weight excluding hydrogens is 358 g/mol. The van der Waals surface area contributed by atoms with Crippen LogP contribution < -0.4 is 20.5 Å². The van der Waals surface area contributed by atoms with Gasteiger partial charge in [0.2, 0.25) is 5.88 Å².